The fourth-order valence-corrected chi connectivity index (χ4v) is 4.74. The van der Waals surface area contributed by atoms with Crippen LogP contribution < -0.4 is 4.74 Å². The molecule has 1 saturated heterocycles. The molecular weight excluding hydrogens is 402 g/mol. The number of hydrogen-bond acceptors (Lipinski definition) is 4. The van der Waals surface area contributed by atoms with Crippen molar-refractivity contribution in [2.24, 2.45) is 0 Å². The van der Waals surface area contributed by atoms with Gasteiger partial charge in [0.25, 0.3) is 11.7 Å². The fraction of sp³-hybridized carbons (Fsp3) is 0.333. The summed E-state index contributed by atoms with van der Waals surface area (Å²) in [4.78, 5) is 27.9. The number of carbonyl (C=O) groups is 2. The number of ketones is 1. The molecule has 2 aromatic rings. The van der Waals surface area contributed by atoms with E-state index in [-0.39, 0.29) is 28.0 Å². The van der Waals surface area contributed by atoms with E-state index >= 15 is 0 Å². The molecule has 156 valence electrons. The second-order valence-electron chi connectivity index (χ2n) is 7.90. The van der Waals surface area contributed by atoms with E-state index in [0.29, 0.717) is 5.75 Å². The van der Waals surface area contributed by atoms with Gasteiger partial charge in [-0.25, -0.2) is 0 Å². The molecule has 0 aromatic heterocycles. The van der Waals surface area contributed by atoms with Gasteiger partial charge in [0.2, 0.25) is 0 Å². The summed E-state index contributed by atoms with van der Waals surface area (Å²) in [6.07, 6.45) is 3.76. The first-order valence-electron chi connectivity index (χ1n) is 10.1. The summed E-state index contributed by atoms with van der Waals surface area (Å²) in [6.45, 7) is 1.96. The average molecular weight is 426 g/mol. The van der Waals surface area contributed by atoms with E-state index in [1.54, 1.807) is 23.1 Å². The van der Waals surface area contributed by atoms with Crippen LogP contribution in [0.3, 0.4) is 0 Å². The van der Waals surface area contributed by atoms with Crippen molar-refractivity contribution in [2.45, 2.75) is 44.7 Å². The number of aryl methyl sites for hydroxylation is 1. The van der Waals surface area contributed by atoms with Crippen molar-refractivity contribution in [3.8, 4) is 5.75 Å². The van der Waals surface area contributed by atoms with Crippen LogP contribution in [-0.4, -0.2) is 34.8 Å². The Kier molecular flexibility index (Phi) is 5.56. The maximum Gasteiger partial charge on any atom is 0.295 e. The molecule has 0 spiro atoms. The van der Waals surface area contributed by atoms with Crippen LogP contribution in [0, 0.1) is 6.92 Å². The predicted octanol–water partition coefficient (Wildman–Crippen LogP) is 5.02. The van der Waals surface area contributed by atoms with Crippen molar-refractivity contribution >= 4 is 29.1 Å². The van der Waals surface area contributed by atoms with E-state index in [9.17, 15) is 14.7 Å². The van der Waals surface area contributed by atoms with Gasteiger partial charge in [0.15, 0.2) is 0 Å². The molecule has 1 N–H and O–H groups in total. The summed E-state index contributed by atoms with van der Waals surface area (Å²) in [5.41, 5.74) is 2.18. The van der Waals surface area contributed by atoms with Gasteiger partial charge in [-0.05, 0) is 43.5 Å². The van der Waals surface area contributed by atoms with Crippen molar-refractivity contribution in [1.29, 1.82) is 0 Å². The van der Waals surface area contributed by atoms with Crippen LogP contribution in [0.5, 0.6) is 5.75 Å². The minimum absolute atomic E-state index is 0.0157. The molecule has 6 heteroatoms. The van der Waals surface area contributed by atoms with E-state index in [2.05, 4.69) is 0 Å². The molecule has 4 rings (SSSR count). The summed E-state index contributed by atoms with van der Waals surface area (Å²) in [5.74, 6) is -1.01. The third-order valence-electron chi connectivity index (χ3n) is 5.98. The van der Waals surface area contributed by atoms with Crippen LogP contribution >= 0.6 is 11.6 Å². The highest BCUT2D eigenvalue weighted by atomic mass is 35.5. The SMILES string of the molecule is COc1ccc(Cl)c(/C(O)=C2\C(=O)C(=O)N(C3CCCC3)C2c2cccc(C)c2)c1. The van der Waals surface area contributed by atoms with Crippen molar-refractivity contribution in [3.05, 3.63) is 69.8 Å². The van der Waals surface area contributed by atoms with Gasteiger partial charge in [-0.3, -0.25) is 9.59 Å². The highest BCUT2D eigenvalue weighted by molar-refractivity contribution is 6.47. The molecule has 1 heterocycles. The van der Waals surface area contributed by atoms with Gasteiger partial charge in [-0.1, -0.05) is 54.3 Å². The second kappa shape index (κ2) is 8.15. The van der Waals surface area contributed by atoms with E-state index < -0.39 is 17.7 Å². The van der Waals surface area contributed by atoms with Crippen LogP contribution in [0.25, 0.3) is 5.76 Å². The third kappa shape index (κ3) is 3.47. The zero-order valence-corrected chi connectivity index (χ0v) is 17.8. The highest BCUT2D eigenvalue weighted by Gasteiger charge is 2.49. The van der Waals surface area contributed by atoms with Crippen LogP contribution in [0.2, 0.25) is 5.02 Å². The molecule has 1 saturated carbocycles. The Morgan fingerprint density at radius 1 is 1.13 bits per heavy atom. The molecule has 0 bridgehead atoms. The molecule has 2 aromatic carbocycles. The maximum atomic E-state index is 13.1. The summed E-state index contributed by atoms with van der Waals surface area (Å²) >= 11 is 6.33. The molecule has 1 unspecified atom stereocenters. The smallest absolute Gasteiger partial charge is 0.295 e. The molecule has 1 atom stereocenters. The zero-order chi connectivity index (χ0) is 21.4. The summed E-state index contributed by atoms with van der Waals surface area (Å²) in [5, 5.41) is 11.5. The lowest BCUT2D eigenvalue weighted by Crippen LogP contribution is -2.37. The Morgan fingerprint density at radius 3 is 2.53 bits per heavy atom. The average Bonchev–Trinajstić information content (AvgIpc) is 3.35. The summed E-state index contributed by atoms with van der Waals surface area (Å²) in [7, 11) is 1.51. The molecule has 2 fully saturated rings. The molecule has 30 heavy (non-hydrogen) atoms. The Labute approximate surface area is 180 Å². The van der Waals surface area contributed by atoms with Crippen molar-refractivity contribution < 1.29 is 19.4 Å². The zero-order valence-electron chi connectivity index (χ0n) is 17.0. The van der Waals surface area contributed by atoms with Crippen LogP contribution in [0.4, 0.5) is 0 Å². The Morgan fingerprint density at radius 2 is 1.87 bits per heavy atom. The first kappa shape index (κ1) is 20.5. The number of Topliss-reactive ketones (excluding diaryl/α,β-unsaturated/α-hetero) is 1. The molecule has 2 aliphatic rings. The number of methoxy groups -OCH3 is 1. The van der Waals surface area contributed by atoms with Gasteiger partial charge in [0.1, 0.15) is 11.5 Å². The molecule has 1 amide bonds. The van der Waals surface area contributed by atoms with Crippen LogP contribution in [0.15, 0.2) is 48.0 Å². The first-order valence-corrected chi connectivity index (χ1v) is 10.5. The molecule has 1 aliphatic carbocycles. The number of aliphatic hydroxyl groups is 1. The van der Waals surface area contributed by atoms with E-state index in [4.69, 9.17) is 16.3 Å². The van der Waals surface area contributed by atoms with E-state index in [1.807, 2.05) is 31.2 Å². The van der Waals surface area contributed by atoms with Crippen LogP contribution in [0.1, 0.15) is 48.4 Å². The lowest BCUT2D eigenvalue weighted by atomic mass is 9.93. The van der Waals surface area contributed by atoms with E-state index in [0.717, 1.165) is 36.8 Å². The van der Waals surface area contributed by atoms with Gasteiger partial charge >= 0.3 is 0 Å². The molecule has 1 aliphatic heterocycles. The summed E-state index contributed by atoms with van der Waals surface area (Å²) in [6, 6.07) is 11.9. The van der Waals surface area contributed by atoms with Gasteiger partial charge in [-0.2, -0.15) is 0 Å². The molecule has 5 nitrogen and oxygen atoms in total. The number of ether oxygens (including phenoxy) is 1. The third-order valence-corrected chi connectivity index (χ3v) is 6.31. The van der Waals surface area contributed by atoms with Crippen molar-refractivity contribution in [2.75, 3.05) is 7.11 Å². The number of carbonyl (C=O) groups excluding carboxylic acids is 2. The molecular formula is C24H24ClNO4. The predicted molar refractivity (Wildman–Crippen MR) is 116 cm³/mol. The number of hydrogen-bond donors (Lipinski definition) is 1. The first-order chi connectivity index (χ1) is 14.4. The van der Waals surface area contributed by atoms with Crippen molar-refractivity contribution in [1.82, 2.24) is 4.90 Å². The Bertz CT molecular complexity index is 1040. The van der Waals surface area contributed by atoms with E-state index in [1.165, 1.54) is 7.11 Å². The second-order valence-corrected chi connectivity index (χ2v) is 8.31. The fourth-order valence-electron chi connectivity index (χ4n) is 4.53. The minimum Gasteiger partial charge on any atom is -0.507 e. The van der Waals surface area contributed by atoms with Crippen LogP contribution in [-0.2, 0) is 9.59 Å². The highest BCUT2D eigenvalue weighted by Crippen LogP contribution is 2.44. The van der Waals surface area contributed by atoms with Gasteiger partial charge in [0, 0.05) is 11.6 Å². The monoisotopic (exact) mass is 425 g/mol. The standard InChI is InChI=1S/C24H24ClNO4/c1-14-6-5-7-15(12-14)21-20(22(27)18-13-17(30-2)10-11-19(18)25)23(28)24(29)26(21)16-8-3-4-9-16/h5-7,10-13,16,21,27H,3-4,8-9H2,1-2H3/b22-20+. The number of halogens is 1. The van der Waals surface area contributed by atoms with Gasteiger partial charge in [-0.15, -0.1) is 0 Å². The molecule has 0 radical (unpaired) electrons. The normalized spacial score (nSPS) is 21.4. The number of likely N-dealkylation sites (tertiary alicyclic amines) is 1. The largest absolute Gasteiger partial charge is 0.507 e. The maximum absolute atomic E-state index is 13.1. The number of rotatable bonds is 4. The van der Waals surface area contributed by atoms with Gasteiger partial charge in [0.05, 0.1) is 23.7 Å². The lowest BCUT2D eigenvalue weighted by molar-refractivity contribution is -0.141. The number of amides is 1. The Balaban J connectivity index is 1.93. The minimum atomic E-state index is -0.676. The Hall–Kier alpha value is -2.79. The number of nitrogens with zero attached hydrogens (tertiary/aromatic N) is 1. The summed E-state index contributed by atoms with van der Waals surface area (Å²) < 4.78 is 5.25. The number of benzene rings is 2. The lowest BCUT2D eigenvalue weighted by Gasteiger charge is -2.31. The number of aliphatic hydroxyl groups excluding tert-OH is 1. The van der Waals surface area contributed by atoms with Crippen molar-refractivity contribution in [3.63, 3.8) is 0 Å². The van der Waals surface area contributed by atoms with Gasteiger partial charge < -0.3 is 14.7 Å². The quantitative estimate of drug-likeness (QED) is 0.424. The topological polar surface area (TPSA) is 66.8 Å².